The van der Waals surface area contributed by atoms with Gasteiger partial charge < -0.3 is 10.3 Å². The zero-order valence-electron chi connectivity index (χ0n) is 11.9. The molecule has 4 aliphatic carbocycles. The predicted octanol–water partition coefficient (Wildman–Crippen LogP) is 2.62. The third kappa shape index (κ3) is 1.78. The van der Waals surface area contributed by atoms with Crippen LogP contribution in [0.3, 0.4) is 0 Å². The van der Waals surface area contributed by atoms with Gasteiger partial charge in [0, 0.05) is 24.7 Å². The first-order valence-electron chi connectivity index (χ1n) is 7.93. The maximum Gasteiger partial charge on any atom is 0.105 e. The summed E-state index contributed by atoms with van der Waals surface area (Å²) >= 11 is 0. The lowest BCUT2D eigenvalue weighted by Crippen LogP contribution is -2.48. The van der Waals surface area contributed by atoms with Gasteiger partial charge in [-0.05, 0) is 63.2 Å². The van der Waals surface area contributed by atoms with Crippen molar-refractivity contribution in [3.05, 3.63) is 17.7 Å². The summed E-state index contributed by atoms with van der Waals surface area (Å²) in [6.45, 7) is 3.74. The van der Waals surface area contributed by atoms with Gasteiger partial charge in [-0.25, -0.2) is 4.98 Å². The Bertz CT molecular complexity index is 453. The van der Waals surface area contributed by atoms with E-state index in [-0.39, 0.29) is 0 Å². The molecule has 0 saturated heterocycles. The number of nitrogens with two attached hydrogens (primary N) is 1. The van der Waals surface area contributed by atoms with E-state index in [0.29, 0.717) is 12.0 Å². The highest BCUT2D eigenvalue weighted by molar-refractivity contribution is 5.22. The average molecular weight is 259 g/mol. The molecule has 0 unspecified atom stereocenters. The summed E-state index contributed by atoms with van der Waals surface area (Å²) in [5.41, 5.74) is 7.51. The van der Waals surface area contributed by atoms with E-state index in [0.717, 1.165) is 30.1 Å². The van der Waals surface area contributed by atoms with Crippen LogP contribution in [0.4, 0.5) is 0 Å². The van der Waals surface area contributed by atoms with Crippen LogP contribution in [-0.2, 0) is 12.0 Å². The predicted molar refractivity (Wildman–Crippen MR) is 75.9 cm³/mol. The molecule has 0 radical (unpaired) electrons. The van der Waals surface area contributed by atoms with Crippen molar-refractivity contribution < 1.29 is 0 Å². The highest BCUT2D eigenvalue weighted by Crippen LogP contribution is 2.60. The molecule has 19 heavy (non-hydrogen) atoms. The highest BCUT2D eigenvalue weighted by Gasteiger charge is 2.52. The van der Waals surface area contributed by atoms with E-state index < -0.39 is 0 Å². The zero-order chi connectivity index (χ0) is 13.0. The Kier molecular flexibility index (Phi) is 2.57. The summed E-state index contributed by atoms with van der Waals surface area (Å²) < 4.78 is 2.26. The molecule has 1 aromatic rings. The van der Waals surface area contributed by atoms with Crippen LogP contribution in [0.15, 0.2) is 6.20 Å². The second-order valence-electron chi connectivity index (χ2n) is 7.35. The van der Waals surface area contributed by atoms with Gasteiger partial charge in [0.05, 0.1) is 5.69 Å². The molecule has 2 N–H and O–H groups in total. The lowest BCUT2D eigenvalue weighted by molar-refractivity contribution is -0.00709. The Balaban J connectivity index is 1.69. The second-order valence-corrected chi connectivity index (χ2v) is 7.35. The molecule has 4 saturated carbocycles. The number of hydrogen-bond acceptors (Lipinski definition) is 2. The minimum atomic E-state index is 0.430. The Hall–Kier alpha value is -0.830. The van der Waals surface area contributed by atoms with Crippen molar-refractivity contribution in [2.45, 2.75) is 57.4 Å². The van der Waals surface area contributed by atoms with Gasteiger partial charge in [-0.1, -0.05) is 0 Å². The minimum absolute atomic E-state index is 0.430. The van der Waals surface area contributed by atoms with Gasteiger partial charge in [0.2, 0.25) is 0 Å². The molecule has 4 fully saturated rings. The molecule has 5 rings (SSSR count). The Morgan fingerprint density at radius 3 is 2.32 bits per heavy atom. The summed E-state index contributed by atoms with van der Waals surface area (Å²) in [5, 5.41) is 0. The van der Waals surface area contributed by atoms with Crippen molar-refractivity contribution in [2.75, 3.05) is 6.54 Å². The molecule has 0 atom stereocenters. The summed E-state index contributed by atoms with van der Waals surface area (Å²) in [5.74, 6) is 4.12. The molecule has 1 aromatic heterocycles. The fourth-order valence-corrected chi connectivity index (χ4v) is 5.55. The van der Waals surface area contributed by atoms with Gasteiger partial charge >= 0.3 is 0 Å². The monoisotopic (exact) mass is 259 g/mol. The van der Waals surface area contributed by atoms with Crippen LogP contribution in [0.1, 0.15) is 50.0 Å². The lowest BCUT2D eigenvalue weighted by Gasteiger charge is -2.56. The van der Waals surface area contributed by atoms with Crippen LogP contribution in [0.25, 0.3) is 0 Å². The Morgan fingerprint density at radius 2 is 1.79 bits per heavy atom. The molecule has 4 aliphatic rings. The first kappa shape index (κ1) is 12.0. The third-order valence-electron chi connectivity index (χ3n) is 5.93. The van der Waals surface area contributed by atoms with Crippen LogP contribution < -0.4 is 5.73 Å². The normalized spacial score (nSPS) is 40.0. The van der Waals surface area contributed by atoms with Gasteiger partial charge in [0.15, 0.2) is 0 Å². The van der Waals surface area contributed by atoms with Crippen molar-refractivity contribution in [1.29, 1.82) is 0 Å². The molecule has 104 valence electrons. The van der Waals surface area contributed by atoms with Crippen molar-refractivity contribution in [2.24, 2.45) is 23.5 Å². The van der Waals surface area contributed by atoms with E-state index in [1.54, 1.807) is 0 Å². The maximum atomic E-state index is 5.70. The maximum absolute atomic E-state index is 5.70. The summed E-state index contributed by atoms with van der Waals surface area (Å²) in [4.78, 5) is 4.93. The fourth-order valence-electron chi connectivity index (χ4n) is 5.55. The van der Waals surface area contributed by atoms with Crippen LogP contribution in [0, 0.1) is 24.7 Å². The number of nitrogens with zero attached hydrogens (tertiary/aromatic N) is 2. The molecule has 3 nitrogen and oxygen atoms in total. The Labute approximate surface area is 115 Å². The SMILES string of the molecule is Cc1nc(C23CC4CC(CC(C4)C2)C3)cn1CCN. The van der Waals surface area contributed by atoms with Gasteiger partial charge in [0.1, 0.15) is 5.82 Å². The number of aromatic nitrogens is 2. The van der Waals surface area contributed by atoms with E-state index in [4.69, 9.17) is 10.7 Å². The van der Waals surface area contributed by atoms with Crippen molar-refractivity contribution in [1.82, 2.24) is 9.55 Å². The first-order valence-corrected chi connectivity index (χ1v) is 7.93. The average Bonchev–Trinajstić information content (AvgIpc) is 2.70. The van der Waals surface area contributed by atoms with Gasteiger partial charge in [-0.3, -0.25) is 0 Å². The summed E-state index contributed by atoms with van der Waals surface area (Å²) in [6.07, 6.45) is 11.0. The molecular weight excluding hydrogens is 234 g/mol. The van der Waals surface area contributed by atoms with E-state index in [9.17, 15) is 0 Å². The molecule has 1 heterocycles. The standard InChI is InChI=1S/C16H25N3/c1-11-18-15(10-19(11)3-2-17)16-7-12-4-13(8-16)6-14(5-12)9-16/h10,12-14H,2-9,17H2,1H3. The first-order chi connectivity index (χ1) is 9.18. The fraction of sp³-hybridized carbons (Fsp3) is 0.812. The van der Waals surface area contributed by atoms with E-state index in [1.807, 2.05) is 0 Å². The largest absolute Gasteiger partial charge is 0.334 e. The lowest BCUT2D eigenvalue weighted by atomic mass is 9.49. The Morgan fingerprint density at radius 1 is 1.21 bits per heavy atom. The van der Waals surface area contributed by atoms with Crippen LogP contribution in [-0.4, -0.2) is 16.1 Å². The zero-order valence-corrected chi connectivity index (χ0v) is 11.9. The quantitative estimate of drug-likeness (QED) is 0.907. The van der Waals surface area contributed by atoms with E-state index >= 15 is 0 Å². The van der Waals surface area contributed by atoms with Crippen LogP contribution >= 0.6 is 0 Å². The second kappa shape index (κ2) is 4.08. The van der Waals surface area contributed by atoms with Gasteiger partial charge in [-0.15, -0.1) is 0 Å². The summed E-state index contributed by atoms with van der Waals surface area (Å²) in [6, 6.07) is 0. The number of imidazole rings is 1. The number of hydrogen-bond donors (Lipinski definition) is 1. The minimum Gasteiger partial charge on any atom is -0.334 e. The van der Waals surface area contributed by atoms with Crippen molar-refractivity contribution >= 4 is 0 Å². The van der Waals surface area contributed by atoms with E-state index in [2.05, 4.69) is 17.7 Å². The number of aryl methyl sites for hydroxylation is 1. The highest BCUT2D eigenvalue weighted by atomic mass is 15.1. The molecule has 0 amide bonds. The summed E-state index contributed by atoms with van der Waals surface area (Å²) in [7, 11) is 0. The molecular formula is C16H25N3. The van der Waals surface area contributed by atoms with Gasteiger partial charge in [0.25, 0.3) is 0 Å². The molecule has 0 aromatic carbocycles. The third-order valence-corrected chi connectivity index (χ3v) is 5.93. The van der Waals surface area contributed by atoms with Crippen molar-refractivity contribution in [3.63, 3.8) is 0 Å². The molecule has 3 heteroatoms. The topological polar surface area (TPSA) is 43.8 Å². The van der Waals surface area contributed by atoms with Crippen molar-refractivity contribution in [3.8, 4) is 0 Å². The van der Waals surface area contributed by atoms with Gasteiger partial charge in [-0.2, -0.15) is 0 Å². The van der Waals surface area contributed by atoms with Crippen LogP contribution in [0.2, 0.25) is 0 Å². The van der Waals surface area contributed by atoms with E-state index in [1.165, 1.54) is 44.2 Å². The number of rotatable bonds is 3. The molecule has 4 bridgehead atoms. The smallest absolute Gasteiger partial charge is 0.105 e. The van der Waals surface area contributed by atoms with Crippen LogP contribution in [0.5, 0.6) is 0 Å². The molecule has 0 aliphatic heterocycles. The molecule has 0 spiro atoms.